The lowest BCUT2D eigenvalue weighted by atomic mass is 9.78. The number of para-hydroxylation sites is 1. The Hall–Kier alpha value is -3.10. The third-order valence-electron chi connectivity index (χ3n) is 7.37. The van der Waals surface area contributed by atoms with Crippen LogP contribution in [0, 0.1) is 0 Å². The van der Waals surface area contributed by atoms with Crippen molar-refractivity contribution in [2.75, 3.05) is 6.54 Å². The summed E-state index contributed by atoms with van der Waals surface area (Å²) in [5, 5.41) is 25.3. The van der Waals surface area contributed by atoms with Crippen LogP contribution >= 0.6 is 39.1 Å². The first-order chi connectivity index (χ1) is 19.8. The fourth-order valence-electron chi connectivity index (χ4n) is 5.45. The molecule has 2 atom stereocenters. The molecule has 1 amide bonds. The molecule has 0 bridgehead atoms. The summed E-state index contributed by atoms with van der Waals surface area (Å²) in [6.07, 6.45) is 0.975. The SMILES string of the molecule is CC(O)(CNC(=O)c1ccccc1O)CC1CC(C)(C)Oc2nc(-c3ccc(Cl)cc3Cl)c(-c3ccc(Br)cc3)cc21. The van der Waals surface area contributed by atoms with E-state index in [-0.39, 0.29) is 23.8 Å². The molecule has 3 aromatic carbocycles. The summed E-state index contributed by atoms with van der Waals surface area (Å²) in [6.45, 7) is 5.69. The van der Waals surface area contributed by atoms with Crippen molar-refractivity contribution < 1.29 is 19.7 Å². The lowest BCUT2D eigenvalue weighted by molar-refractivity contribution is 0.0159. The molecule has 0 saturated carbocycles. The minimum atomic E-state index is -1.26. The molecule has 3 N–H and O–H groups in total. The highest BCUT2D eigenvalue weighted by atomic mass is 79.9. The van der Waals surface area contributed by atoms with Crippen LogP contribution in [0.2, 0.25) is 10.0 Å². The van der Waals surface area contributed by atoms with Crippen molar-refractivity contribution in [3.05, 3.63) is 98.4 Å². The quantitative estimate of drug-likeness (QED) is 0.184. The van der Waals surface area contributed by atoms with Crippen molar-refractivity contribution in [3.63, 3.8) is 0 Å². The fourth-order valence-corrected chi connectivity index (χ4v) is 6.21. The molecule has 0 fully saturated rings. The molecule has 2 unspecified atom stereocenters. The van der Waals surface area contributed by atoms with E-state index >= 15 is 0 Å². The molecule has 4 aromatic rings. The van der Waals surface area contributed by atoms with Crippen LogP contribution in [0.15, 0.2) is 77.3 Å². The Bertz CT molecular complexity index is 1640. The van der Waals surface area contributed by atoms with Crippen LogP contribution in [-0.4, -0.2) is 38.9 Å². The maximum atomic E-state index is 12.7. The monoisotopic (exact) mass is 668 g/mol. The van der Waals surface area contributed by atoms with E-state index in [1.54, 1.807) is 31.2 Å². The van der Waals surface area contributed by atoms with Crippen LogP contribution < -0.4 is 10.1 Å². The molecule has 1 aliphatic rings. The number of carbonyl (C=O) groups is 1. The molecule has 0 aliphatic carbocycles. The molecule has 218 valence electrons. The van der Waals surface area contributed by atoms with Gasteiger partial charge in [-0.3, -0.25) is 4.79 Å². The normalized spacial score (nSPS) is 17.1. The van der Waals surface area contributed by atoms with Gasteiger partial charge in [-0.25, -0.2) is 4.98 Å². The van der Waals surface area contributed by atoms with E-state index in [0.717, 1.165) is 26.7 Å². The van der Waals surface area contributed by atoms with Crippen LogP contribution in [0.4, 0.5) is 0 Å². The smallest absolute Gasteiger partial charge is 0.255 e. The number of fused-ring (bicyclic) bond motifs is 1. The molecule has 0 radical (unpaired) electrons. The standard InChI is InChI=1S/C33H31BrCl2N2O4/c1-32(2)16-20(17-33(3,41)18-37-30(40)24-6-4-5-7-28(24)39)26-15-25(19-8-10-21(34)11-9-19)29(38-31(26)42-32)23-13-12-22(35)14-27(23)36/h4-15,20,39,41H,16-18H2,1-3H3,(H,37,40). The number of nitrogens with one attached hydrogen (secondary N) is 1. The number of phenolic OH excluding ortho intramolecular Hbond substituents is 1. The number of amides is 1. The number of carbonyl (C=O) groups excluding carboxylic acids is 1. The van der Waals surface area contributed by atoms with Gasteiger partial charge in [0, 0.05) is 32.7 Å². The zero-order valence-corrected chi connectivity index (χ0v) is 26.5. The Labute approximate surface area is 263 Å². The molecule has 5 rings (SSSR count). The zero-order chi connectivity index (χ0) is 30.2. The van der Waals surface area contributed by atoms with E-state index in [4.69, 9.17) is 32.9 Å². The van der Waals surface area contributed by atoms with Crippen LogP contribution in [0.5, 0.6) is 11.6 Å². The topological polar surface area (TPSA) is 91.7 Å². The summed E-state index contributed by atoms with van der Waals surface area (Å²) in [7, 11) is 0. The number of phenols is 1. The van der Waals surface area contributed by atoms with Gasteiger partial charge in [-0.15, -0.1) is 0 Å². The van der Waals surface area contributed by atoms with Crippen molar-refractivity contribution in [1.82, 2.24) is 10.3 Å². The molecule has 1 aliphatic heterocycles. The van der Waals surface area contributed by atoms with Crippen molar-refractivity contribution >= 4 is 45.0 Å². The summed E-state index contributed by atoms with van der Waals surface area (Å²) in [4.78, 5) is 17.7. The van der Waals surface area contributed by atoms with Crippen molar-refractivity contribution in [1.29, 1.82) is 0 Å². The number of ether oxygens (including phenoxy) is 1. The second kappa shape index (κ2) is 11.9. The van der Waals surface area contributed by atoms with E-state index in [2.05, 4.69) is 27.3 Å². The van der Waals surface area contributed by atoms with Crippen molar-refractivity contribution in [2.24, 2.45) is 0 Å². The number of aromatic hydroxyl groups is 1. The van der Waals surface area contributed by atoms with Gasteiger partial charge >= 0.3 is 0 Å². The average molecular weight is 670 g/mol. The third kappa shape index (κ3) is 6.76. The molecule has 0 spiro atoms. The second-order valence-corrected chi connectivity index (χ2v) is 13.3. The number of benzene rings is 3. The van der Waals surface area contributed by atoms with Gasteiger partial charge in [-0.1, -0.05) is 63.4 Å². The highest BCUT2D eigenvalue weighted by Crippen LogP contribution is 2.47. The average Bonchev–Trinajstić information content (AvgIpc) is 2.91. The minimum absolute atomic E-state index is 0.00124. The maximum Gasteiger partial charge on any atom is 0.255 e. The first-order valence-corrected chi connectivity index (χ1v) is 15.1. The Kier molecular flexibility index (Phi) is 8.59. The highest BCUT2D eigenvalue weighted by molar-refractivity contribution is 9.10. The number of aromatic nitrogens is 1. The number of hydrogen-bond donors (Lipinski definition) is 3. The van der Waals surface area contributed by atoms with Crippen LogP contribution in [0.3, 0.4) is 0 Å². The van der Waals surface area contributed by atoms with Crippen LogP contribution in [0.25, 0.3) is 22.4 Å². The van der Waals surface area contributed by atoms with Crippen molar-refractivity contribution in [3.8, 4) is 34.0 Å². The largest absolute Gasteiger partial charge is 0.507 e. The summed E-state index contributed by atoms with van der Waals surface area (Å²) in [6, 6.07) is 21.7. The van der Waals surface area contributed by atoms with Crippen LogP contribution in [-0.2, 0) is 0 Å². The lowest BCUT2D eigenvalue weighted by Gasteiger charge is -2.40. The van der Waals surface area contributed by atoms with Crippen molar-refractivity contribution in [2.45, 2.75) is 50.7 Å². The van der Waals surface area contributed by atoms with Gasteiger partial charge < -0.3 is 20.3 Å². The predicted octanol–water partition coefficient (Wildman–Crippen LogP) is 8.41. The summed E-state index contributed by atoms with van der Waals surface area (Å²) in [5.41, 5.74) is 2.41. The first-order valence-electron chi connectivity index (χ1n) is 13.6. The van der Waals surface area contributed by atoms with E-state index in [1.165, 1.54) is 12.1 Å². The molecule has 0 saturated heterocycles. The Morgan fingerprint density at radius 2 is 1.81 bits per heavy atom. The number of pyridine rings is 1. The molecule has 6 nitrogen and oxygen atoms in total. The highest BCUT2D eigenvalue weighted by Gasteiger charge is 2.39. The van der Waals surface area contributed by atoms with Gasteiger partial charge in [0.15, 0.2) is 0 Å². The summed E-state index contributed by atoms with van der Waals surface area (Å²) < 4.78 is 7.35. The number of rotatable bonds is 7. The van der Waals surface area contributed by atoms with E-state index in [1.807, 2.05) is 44.2 Å². The van der Waals surface area contributed by atoms with Gasteiger partial charge in [0.05, 0.1) is 21.9 Å². The van der Waals surface area contributed by atoms with E-state index < -0.39 is 17.1 Å². The molecular weight excluding hydrogens is 639 g/mol. The minimum Gasteiger partial charge on any atom is -0.507 e. The molecule has 1 aromatic heterocycles. The molecule has 9 heteroatoms. The third-order valence-corrected chi connectivity index (χ3v) is 8.45. The Morgan fingerprint density at radius 1 is 1.10 bits per heavy atom. The van der Waals surface area contributed by atoms with Gasteiger partial charge in [-0.2, -0.15) is 0 Å². The fraction of sp³-hybridized carbons (Fsp3) is 0.273. The number of nitrogens with zero attached hydrogens (tertiary/aromatic N) is 1. The first kappa shape index (κ1) is 30.4. The van der Waals surface area contributed by atoms with E-state index in [0.29, 0.717) is 34.5 Å². The van der Waals surface area contributed by atoms with Gasteiger partial charge in [0.1, 0.15) is 11.4 Å². The second-order valence-electron chi connectivity index (χ2n) is 11.6. The number of aliphatic hydroxyl groups is 1. The predicted molar refractivity (Wildman–Crippen MR) is 171 cm³/mol. The number of hydrogen-bond acceptors (Lipinski definition) is 5. The summed E-state index contributed by atoms with van der Waals surface area (Å²) in [5.74, 6) is -0.216. The summed E-state index contributed by atoms with van der Waals surface area (Å²) >= 11 is 16.4. The zero-order valence-electron chi connectivity index (χ0n) is 23.4. The molecule has 2 heterocycles. The number of halogens is 3. The van der Waals surface area contributed by atoms with Gasteiger partial charge in [0.2, 0.25) is 5.88 Å². The maximum absolute atomic E-state index is 12.7. The van der Waals surface area contributed by atoms with Crippen LogP contribution in [0.1, 0.15) is 55.5 Å². The molecule has 42 heavy (non-hydrogen) atoms. The van der Waals surface area contributed by atoms with E-state index in [9.17, 15) is 15.0 Å². The lowest BCUT2D eigenvalue weighted by Crippen LogP contribution is -2.44. The van der Waals surface area contributed by atoms with Gasteiger partial charge in [-0.05, 0) is 93.6 Å². The Balaban J connectivity index is 1.52. The Morgan fingerprint density at radius 3 is 2.50 bits per heavy atom. The van der Waals surface area contributed by atoms with Gasteiger partial charge in [0.25, 0.3) is 5.91 Å². The molecular formula is C33H31BrCl2N2O4.